The van der Waals surface area contributed by atoms with E-state index in [9.17, 15) is 9.46 Å². The molecule has 0 heterocycles. The summed E-state index contributed by atoms with van der Waals surface area (Å²) in [4.78, 5) is 9.17. The quantitative estimate of drug-likeness (QED) is 0.246. The zero-order valence-electron chi connectivity index (χ0n) is 13.7. The topological polar surface area (TPSA) is 46.5 Å². The van der Waals surface area contributed by atoms with Crippen molar-refractivity contribution >= 4 is 26.6 Å². The van der Waals surface area contributed by atoms with E-state index >= 15 is 0 Å². The Morgan fingerprint density at radius 2 is 1.45 bits per heavy atom. The van der Waals surface area contributed by atoms with Crippen molar-refractivity contribution in [1.82, 2.24) is 0 Å². The van der Waals surface area contributed by atoms with Crippen LogP contribution in [0.15, 0.2) is 9.85 Å². The van der Waals surface area contributed by atoms with Crippen molar-refractivity contribution in [2.24, 2.45) is 0 Å². The van der Waals surface area contributed by atoms with Crippen molar-refractivity contribution in [3.05, 3.63) is 9.85 Å². The normalized spacial score (nSPS) is 13.4. The second-order valence-corrected chi connectivity index (χ2v) is 19.2. The van der Waals surface area contributed by atoms with Crippen LogP contribution in [-0.2, 0) is 9.09 Å². The molecule has 0 radical (unpaired) electrons. The first-order chi connectivity index (χ1) is 9.56. The Morgan fingerprint density at radius 1 is 1.05 bits per heavy atom. The molecule has 0 aromatic carbocycles. The van der Waals surface area contributed by atoms with E-state index in [2.05, 4.69) is 20.8 Å². The monoisotopic (exact) mass is 411 g/mol. The maximum absolute atomic E-state index is 11.2. The second-order valence-electron chi connectivity index (χ2n) is 5.57. The predicted molar refractivity (Wildman–Crippen MR) is 89.6 cm³/mol. The van der Waals surface area contributed by atoms with Crippen molar-refractivity contribution in [2.75, 3.05) is 0 Å². The zero-order chi connectivity index (χ0) is 15.4. The van der Waals surface area contributed by atoms with Crippen molar-refractivity contribution in [3.8, 4) is 0 Å². The molecule has 0 aromatic rings. The van der Waals surface area contributed by atoms with E-state index in [1.807, 2.05) is 13.0 Å². The average molecular weight is 410 g/mol. The summed E-state index contributed by atoms with van der Waals surface area (Å²) in [5.41, 5.74) is 0. The molecule has 1 atom stereocenters. The Hall–Kier alpha value is 0.399. The summed E-state index contributed by atoms with van der Waals surface area (Å²) in [7, 11) is -2.52. The van der Waals surface area contributed by atoms with Crippen LogP contribution in [0.3, 0.4) is 0 Å². The minimum atomic E-state index is -2.63. The fourth-order valence-corrected chi connectivity index (χ4v) is 20.4. The molecule has 3 nitrogen and oxygen atoms in total. The van der Waals surface area contributed by atoms with E-state index in [1.165, 1.54) is 51.8 Å². The van der Waals surface area contributed by atoms with Gasteiger partial charge in [0.1, 0.15) is 0 Å². The van der Waals surface area contributed by atoms with Crippen LogP contribution in [0.4, 0.5) is 0 Å². The van der Waals surface area contributed by atoms with Gasteiger partial charge >= 0.3 is 130 Å². The van der Waals surface area contributed by atoms with Gasteiger partial charge in [0.15, 0.2) is 0 Å². The Balaban J connectivity index is 5.22. The predicted octanol–water partition coefficient (Wildman–Crippen LogP) is 5.94. The summed E-state index contributed by atoms with van der Waals surface area (Å²) in [6.45, 7) is 8.63. The van der Waals surface area contributed by atoms with E-state index < -0.39 is 26.6 Å². The Labute approximate surface area is 130 Å². The van der Waals surface area contributed by atoms with Gasteiger partial charge in [-0.1, -0.05) is 0 Å². The molecule has 0 aromatic heterocycles. The molecule has 1 unspecified atom stereocenters. The van der Waals surface area contributed by atoms with E-state index in [-0.39, 0.29) is 0 Å². The van der Waals surface area contributed by atoms with Crippen LogP contribution < -0.4 is 0 Å². The van der Waals surface area contributed by atoms with Gasteiger partial charge in [0.2, 0.25) is 0 Å². The molecule has 0 aliphatic rings. The van der Waals surface area contributed by atoms with Gasteiger partial charge in [0, 0.05) is 0 Å². The molecule has 0 aliphatic carbocycles. The van der Waals surface area contributed by atoms with Crippen LogP contribution in [0, 0.1) is 0 Å². The van der Waals surface area contributed by atoms with Crippen LogP contribution in [-0.4, -0.2) is 23.3 Å². The molecule has 0 saturated carbocycles. The molecule has 0 saturated heterocycles. The fourth-order valence-electron chi connectivity index (χ4n) is 2.83. The van der Waals surface area contributed by atoms with E-state index in [1.54, 1.807) is 0 Å². The summed E-state index contributed by atoms with van der Waals surface area (Å²) in [6.07, 6.45) is 9.25. The SMILES string of the molecule is CC=[C](O[P+](=O)O)[Sn]([CH2]CCC)([CH2]CCC)[CH2]CCC. The molecular formula is C15H32O3PSn+. The third-order valence-corrected chi connectivity index (χ3v) is 20.2. The van der Waals surface area contributed by atoms with Crippen molar-refractivity contribution in [1.29, 1.82) is 0 Å². The van der Waals surface area contributed by atoms with Gasteiger partial charge in [0.25, 0.3) is 0 Å². The summed E-state index contributed by atoms with van der Waals surface area (Å²) in [5, 5.41) is 0. The fraction of sp³-hybridized carbons (Fsp3) is 0.867. The maximum atomic E-state index is 11.2. The van der Waals surface area contributed by atoms with Gasteiger partial charge in [-0.15, -0.1) is 0 Å². The molecule has 0 spiro atoms. The summed E-state index contributed by atoms with van der Waals surface area (Å²) in [5.74, 6) is 0. The van der Waals surface area contributed by atoms with Gasteiger partial charge in [-0.2, -0.15) is 0 Å². The number of allylic oxidation sites excluding steroid dienone is 1. The van der Waals surface area contributed by atoms with Gasteiger partial charge in [-0.25, -0.2) is 0 Å². The van der Waals surface area contributed by atoms with Crippen LogP contribution in [0.1, 0.15) is 66.2 Å². The average Bonchev–Trinajstić information content (AvgIpc) is 2.44. The van der Waals surface area contributed by atoms with Crippen LogP contribution in [0.25, 0.3) is 0 Å². The molecule has 1 N–H and O–H groups in total. The minimum absolute atomic E-state index is 0.943. The third kappa shape index (κ3) is 7.42. The Kier molecular flexibility index (Phi) is 12.2. The first kappa shape index (κ1) is 20.4. The van der Waals surface area contributed by atoms with Crippen LogP contribution in [0.5, 0.6) is 0 Å². The molecular weight excluding hydrogens is 378 g/mol. The van der Waals surface area contributed by atoms with Crippen molar-refractivity contribution < 1.29 is 14.0 Å². The number of rotatable bonds is 12. The first-order valence-corrected chi connectivity index (χ1v) is 16.7. The Bertz CT molecular complexity index is 284. The second kappa shape index (κ2) is 12.0. The third-order valence-electron chi connectivity index (χ3n) is 3.99. The van der Waals surface area contributed by atoms with Crippen LogP contribution >= 0.6 is 8.25 Å². The molecule has 0 rings (SSSR count). The molecule has 0 fully saturated rings. The van der Waals surface area contributed by atoms with Crippen molar-refractivity contribution in [3.63, 3.8) is 0 Å². The molecule has 0 amide bonds. The molecule has 118 valence electrons. The summed E-state index contributed by atoms with van der Waals surface area (Å²) < 4.78 is 21.2. The number of hydrogen-bond donors (Lipinski definition) is 1. The first-order valence-electron chi connectivity index (χ1n) is 8.07. The van der Waals surface area contributed by atoms with Gasteiger partial charge in [0.05, 0.1) is 0 Å². The summed E-state index contributed by atoms with van der Waals surface area (Å²) in [6, 6.07) is 0. The Morgan fingerprint density at radius 3 is 1.70 bits per heavy atom. The summed E-state index contributed by atoms with van der Waals surface area (Å²) >= 11 is -2.63. The van der Waals surface area contributed by atoms with Gasteiger partial charge < -0.3 is 0 Å². The van der Waals surface area contributed by atoms with E-state index in [0.29, 0.717) is 0 Å². The molecule has 5 heteroatoms. The zero-order valence-corrected chi connectivity index (χ0v) is 17.4. The van der Waals surface area contributed by atoms with E-state index in [4.69, 9.17) is 4.52 Å². The molecule has 20 heavy (non-hydrogen) atoms. The van der Waals surface area contributed by atoms with Gasteiger partial charge in [-0.3, -0.25) is 0 Å². The van der Waals surface area contributed by atoms with Crippen LogP contribution in [0.2, 0.25) is 13.3 Å². The number of hydrogen-bond acceptors (Lipinski definition) is 2. The van der Waals surface area contributed by atoms with Crippen molar-refractivity contribution in [2.45, 2.75) is 79.5 Å². The van der Waals surface area contributed by atoms with Gasteiger partial charge in [-0.05, 0) is 0 Å². The molecule has 0 aliphatic heterocycles. The molecule has 0 bridgehead atoms. The standard InChI is InChI=1S/3C4H9.C3H4O3P.Sn/c3*1-3-4-2;1-2-3-6-7(4)5;/h3*1,3-4H2,2H3;2H,1H3;/p+1. The number of unbranched alkanes of at least 4 members (excludes halogenated alkanes) is 3. The van der Waals surface area contributed by atoms with E-state index in [0.717, 1.165) is 3.78 Å².